The molecule has 0 aliphatic carbocycles. The highest BCUT2D eigenvalue weighted by atomic mass is 19.4. The summed E-state index contributed by atoms with van der Waals surface area (Å²) in [6.07, 6.45) is -5.14. The van der Waals surface area contributed by atoms with E-state index in [0.717, 1.165) is 0 Å². The maximum atomic E-state index is 13.0. The molecule has 10 heteroatoms. The lowest BCUT2D eigenvalue weighted by Crippen LogP contribution is -2.43. The molecule has 0 atom stereocenters. The van der Waals surface area contributed by atoms with E-state index in [-0.39, 0.29) is 12.3 Å². The average molecular weight is 391 g/mol. The molecular weight excluding hydrogens is 367 g/mol. The number of likely N-dealkylation sites (N-methyl/N-ethyl adjacent to an activating group) is 2. The molecule has 0 heterocycles. The number of rotatable bonds is 9. The van der Waals surface area contributed by atoms with Crippen molar-refractivity contribution in [2.45, 2.75) is 6.18 Å². The summed E-state index contributed by atoms with van der Waals surface area (Å²) in [7, 11) is 6.76. The van der Waals surface area contributed by atoms with Crippen LogP contribution in [-0.2, 0) is 9.53 Å². The minimum Gasteiger partial charge on any atom is -0.478 e. The molecule has 0 saturated heterocycles. The third-order valence-corrected chi connectivity index (χ3v) is 3.83. The number of alkyl halides is 3. The first-order chi connectivity index (χ1) is 12.5. The van der Waals surface area contributed by atoms with E-state index in [4.69, 9.17) is 4.74 Å². The molecule has 0 radical (unpaired) electrons. The van der Waals surface area contributed by atoms with Crippen LogP contribution in [0.15, 0.2) is 18.2 Å². The van der Waals surface area contributed by atoms with Crippen molar-refractivity contribution in [3.63, 3.8) is 0 Å². The lowest BCUT2D eigenvalue weighted by Gasteiger charge is -2.27. The molecule has 0 saturated carbocycles. The van der Waals surface area contributed by atoms with E-state index in [9.17, 15) is 27.9 Å². The molecule has 0 unspecified atom stereocenters. The highest BCUT2D eigenvalue weighted by molar-refractivity contribution is 6.04. The van der Waals surface area contributed by atoms with Gasteiger partial charge in [-0.15, -0.1) is 0 Å². The van der Waals surface area contributed by atoms with Crippen LogP contribution < -0.4 is 9.80 Å². The molecule has 0 aliphatic heterocycles. The van der Waals surface area contributed by atoms with Crippen molar-refractivity contribution in [3.8, 4) is 0 Å². The predicted octanol–water partition coefficient (Wildman–Crippen LogP) is 1.92. The molecule has 0 bridgehead atoms. The minimum absolute atomic E-state index is 0.179. The van der Waals surface area contributed by atoms with Gasteiger partial charge in [0, 0.05) is 39.5 Å². The fraction of sp³-hybridized carbons (Fsp3) is 0.529. The summed E-state index contributed by atoms with van der Waals surface area (Å²) < 4.78 is 43.8. The van der Waals surface area contributed by atoms with Gasteiger partial charge in [-0.2, -0.15) is 13.2 Å². The summed E-state index contributed by atoms with van der Waals surface area (Å²) in [5.41, 5.74) is -0.223. The number of anilines is 2. The molecule has 1 aromatic rings. The van der Waals surface area contributed by atoms with Gasteiger partial charge in [0.2, 0.25) is 0 Å². The Morgan fingerprint density at radius 1 is 1.11 bits per heavy atom. The third kappa shape index (κ3) is 6.40. The Bertz CT molecular complexity index is 665. The SMILES string of the molecule is COCCN(C(=O)C(F)(F)F)c1cc(N(C)CCN(C)C)ccc1C(=O)O. The number of nitrogens with zero attached hydrogens (tertiary/aromatic N) is 3. The van der Waals surface area contributed by atoms with Crippen molar-refractivity contribution in [1.29, 1.82) is 0 Å². The standard InChI is InChI=1S/C17H24F3N3O4/c1-21(2)7-8-22(3)12-5-6-13(15(24)25)14(11-12)23(9-10-27-4)16(26)17(18,19)20/h5-6,11H,7-10H2,1-4H3,(H,24,25). The monoisotopic (exact) mass is 391 g/mol. The maximum absolute atomic E-state index is 13.0. The second kappa shape index (κ2) is 9.56. The Balaban J connectivity index is 3.37. The van der Waals surface area contributed by atoms with E-state index in [1.54, 1.807) is 11.9 Å². The first-order valence-electron chi connectivity index (χ1n) is 8.09. The highest BCUT2D eigenvalue weighted by Crippen LogP contribution is 2.30. The van der Waals surface area contributed by atoms with E-state index in [1.165, 1.54) is 25.3 Å². The Morgan fingerprint density at radius 2 is 1.74 bits per heavy atom. The molecule has 27 heavy (non-hydrogen) atoms. The normalized spacial score (nSPS) is 11.6. The van der Waals surface area contributed by atoms with Gasteiger partial charge >= 0.3 is 18.1 Å². The number of ether oxygens (including phenoxy) is 1. The predicted molar refractivity (Wildman–Crippen MR) is 95.5 cm³/mol. The molecule has 1 aromatic carbocycles. The van der Waals surface area contributed by atoms with Crippen LogP contribution in [0.3, 0.4) is 0 Å². The average Bonchev–Trinajstić information content (AvgIpc) is 2.58. The highest BCUT2D eigenvalue weighted by Gasteiger charge is 2.43. The van der Waals surface area contributed by atoms with Gasteiger partial charge in [0.05, 0.1) is 17.9 Å². The number of carbonyl (C=O) groups excluding carboxylic acids is 1. The summed E-state index contributed by atoms with van der Waals surface area (Å²) in [6.45, 7) is 0.632. The van der Waals surface area contributed by atoms with E-state index >= 15 is 0 Å². The number of aromatic carboxylic acids is 1. The van der Waals surface area contributed by atoms with Gasteiger partial charge in [-0.3, -0.25) is 4.79 Å². The molecule has 152 valence electrons. The number of amides is 1. The number of carboxylic acid groups (broad SMARTS) is 1. The van der Waals surface area contributed by atoms with Crippen LogP contribution in [0, 0.1) is 0 Å². The molecule has 1 amide bonds. The van der Waals surface area contributed by atoms with E-state index < -0.39 is 30.2 Å². The van der Waals surface area contributed by atoms with Crippen LogP contribution in [0.2, 0.25) is 0 Å². The van der Waals surface area contributed by atoms with E-state index in [0.29, 0.717) is 23.7 Å². The van der Waals surface area contributed by atoms with Crippen molar-refractivity contribution in [2.75, 3.05) is 64.3 Å². The molecule has 0 aliphatic rings. The van der Waals surface area contributed by atoms with Crippen LogP contribution in [0.4, 0.5) is 24.5 Å². The van der Waals surface area contributed by atoms with E-state index in [1.807, 2.05) is 19.0 Å². The smallest absolute Gasteiger partial charge is 0.471 e. The fourth-order valence-corrected chi connectivity index (χ4v) is 2.31. The zero-order chi connectivity index (χ0) is 20.8. The number of methoxy groups -OCH3 is 1. The van der Waals surface area contributed by atoms with Crippen molar-refractivity contribution in [2.24, 2.45) is 0 Å². The van der Waals surface area contributed by atoms with Crippen molar-refractivity contribution >= 4 is 23.3 Å². The van der Waals surface area contributed by atoms with Gasteiger partial charge in [-0.05, 0) is 32.3 Å². The van der Waals surface area contributed by atoms with Gasteiger partial charge in [-0.1, -0.05) is 0 Å². The fourth-order valence-electron chi connectivity index (χ4n) is 2.31. The Labute approximate surface area is 155 Å². The topological polar surface area (TPSA) is 73.3 Å². The number of benzene rings is 1. The van der Waals surface area contributed by atoms with Crippen molar-refractivity contribution in [1.82, 2.24) is 4.90 Å². The Morgan fingerprint density at radius 3 is 2.22 bits per heavy atom. The maximum Gasteiger partial charge on any atom is 0.471 e. The third-order valence-electron chi connectivity index (χ3n) is 3.83. The molecule has 7 nitrogen and oxygen atoms in total. The molecule has 0 aromatic heterocycles. The quantitative estimate of drug-likeness (QED) is 0.694. The first kappa shape index (κ1) is 22.7. The largest absolute Gasteiger partial charge is 0.478 e. The second-order valence-corrected chi connectivity index (χ2v) is 6.18. The van der Waals surface area contributed by atoms with Gasteiger partial charge in [0.1, 0.15) is 0 Å². The molecule has 1 N–H and O–H groups in total. The number of hydrogen-bond donors (Lipinski definition) is 1. The summed E-state index contributed by atoms with van der Waals surface area (Å²) in [4.78, 5) is 27.5. The number of hydrogen-bond acceptors (Lipinski definition) is 5. The minimum atomic E-state index is -5.14. The summed E-state index contributed by atoms with van der Waals surface area (Å²) in [5.74, 6) is -3.57. The summed E-state index contributed by atoms with van der Waals surface area (Å²) >= 11 is 0. The lowest BCUT2D eigenvalue weighted by atomic mass is 10.1. The number of carbonyl (C=O) groups is 2. The molecule has 1 rings (SSSR count). The molecular formula is C17H24F3N3O4. The van der Waals surface area contributed by atoms with Gasteiger partial charge in [0.25, 0.3) is 0 Å². The van der Waals surface area contributed by atoms with Gasteiger partial charge < -0.3 is 24.5 Å². The number of carboxylic acids is 1. The van der Waals surface area contributed by atoms with Crippen LogP contribution in [0.1, 0.15) is 10.4 Å². The van der Waals surface area contributed by atoms with Gasteiger partial charge in [0.15, 0.2) is 0 Å². The van der Waals surface area contributed by atoms with Gasteiger partial charge in [-0.25, -0.2) is 4.79 Å². The van der Waals surface area contributed by atoms with Crippen molar-refractivity contribution < 1.29 is 32.6 Å². The number of halogens is 3. The van der Waals surface area contributed by atoms with Crippen LogP contribution in [-0.4, -0.2) is 82.6 Å². The Hall–Kier alpha value is -2.33. The molecule has 0 fully saturated rings. The zero-order valence-electron chi connectivity index (χ0n) is 15.7. The van der Waals surface area contributed by atoms with Crippen LogP contribution in [0.25, 0.3) is 0 Å². The summed E-state index contributed by atoms with van der Waals surface area (Å²) in [6, 6.07) is 3.97. The molecule has 0 spiro atoms. The zero-order valence-corrected chi connectivity index (χ0v) is 15.7. The van der Waals surface area contributed by atoms with Crippen LogP contribution >= 0.6 is 0 Å². The summed E-state index contributed by atoms with van der Waals surface area (Å²) in [5, 5.41) is 9.36. The first-order valence-corrected chi connectivity index (χ1v) is 8.09. The van der Waals surface area contributed by atoms with E-state index in [2.05, 4.69) is 0 Å². The van der Waals surface area contributed by atoms with Crippen molar-refractivity contribution in [3.05, 3.63) is 23.8 Å². The second-order valence-electron chi connectivity index (χ2n) is 6.18. The van der Waals surface area contributed by atoms with Crippen LogP contribution in [0.5, 0.6) is 0 Å². The lowest BCUT2D eigenvalue weighted by molar-refractivity contribution is -0.170. The Kier molecular flexibility index (Phi) is 8.04.